The molecule has 0 saturated carbocycles. The molecule has 3 aromatic rings. The zero-order valence-corrected chi connectivity index (χ0v) is 13.4. The molecule has 0 radical (unpaired) electrons. The van der Waals surface area contributed by atoms with Gasteiger partial charge >= 0.3 is 0 Å². The third kappa shape index (κ3) is 2.77. The molecule has 0 fully saturated rings. The van der Waals surface area contributed by atoms with Gasteiger partial charge in [-0.25, -0.2) is 4.98 Å². The van der Waals surface area contributed by atoms with Crippen LogP contribution in [0.15, 0.2) is 45.7 Å². The number of amides is 1. The van der Waals surface area contributed by atoms with E-state index in [1.165, 1.54) is 23.1 Å². The highest BCUT2D eigenvalue weighted by molar-refractivity contribution is 7.98. The van der Waals surface area contributed by atoms with E-state index in [2.05, 4.69) is 4.98 Å². The van der Waals surface area contributed by atoms with Gasteiger partial charge in [0.05, 0.1) is 5.39 Å². The lowest BCUT2D eigenvalue weighted by atomic mass is 10.1. The highest BCUT2D eigenvalue weighted by Crippen LogP contribution is 2.23. The highest BCUT2D eigenvalue weighted by Gasteiger charge is 2.10. The SMILES string of the molecule is Cn1c(SCc2ccc(C(N)=O)cc2)nc2sccc2c1=O. The fraction of sp³-hybridized carbons (Fsp3) is 0.133. The van der Waals surface area contributed by atoms with Crippen LogP contribution in [-0.2, 0) is 12.8 Å². The number of benzene rings is 1. The first-order valence-corrected chi connectivity index (χ1v) is 8.38. The number of hydrogen-bond donors (Lipinski definition) is 1. The van der Waals surface area contributed by atoms with Gasteiger partial charge in [-0.3, -0.25) is 14.2 Å². The van der Waals surface area contributed by atoms with E-state index in [9.17, 15) is 9.59 Å². The Morgan fingerprint density at radius 3 is 2.73 bits per heavy atom. The van der Waals surface area contributed by atoms with Crippen molar-refractivity contribution in [2.24, 2.45) is 12.8 Å². The van der Waals surface area contributed by atoms with Crippen molar-refractivity contribution in [3.8, 4) is 0 Å². The molecule has 0 aliphatic rings. The quantitative estimate of drug-likeness (QED) is 0.588. The first kappa shape index (κ1) is 14.8. The molecule has 7 heteroatoms. The summed E-state index contributed by atoms with van der Waals surface area (Å²) >= 11 is 2.95. The molecular formula is C15H13N3O2S2. The van der Waals surface area contributed by atoms with Crippen LogP contribution in [0.2, 0.25) is 0 Å². The van der Waals surface area contributed by atoms with Crippen LogP contribution in [-0.4, -0.2) is 15.5 Å². The number of primary amides is 1. The Labute approximate surface area is 134 Å². The molecule has 1 amide bonds. The number of nitrogens with two attached hydrogens (primary N) is 1. The third-order valence-electron chi connectivity index (χ3n) is 3.27. The van der Waals surface area contributed by atoms with E-state index < -0.39 is 5.91 Å². The summed E-state index contributed by atoms with van der Waals surface area (Å²) in [6.07, 6.45) is 0. The standard InChI is InChI=1S/C15H13N3O2S2/c1-18-14(20)11-6-7-21-13(11)17-15(18)22-8-9-2-4-10(5-3-9)12(16)19/h2-7H,8H2,1H3,(H2,16,19). The van der Waals surface area contributed by atoms with Crippen LogP contribution in [0, 0.1) is 0 Å². The number of carbonyl (C=O) groups excluding carboxylic acids is 1. The second kappa shape index (κ2) is 5.94. The van der Waals surface area contributed by atoms with Gasteiger partial charge in [-0.2, -0.15) is 0 Å². The molecule has 5 nitrogen and oxygen atoms in total. The van der Waals surface area contributed by atoms with Crippen molar-refractivity contribution >= 4 is 39.2 Å². The van der Waals surface area contributed by atoms with Crippen molar-refractivity contribution in [2.75, 3.05) is 0 Å². The summed E-state index contributed by atoms with van der Waals surface area (Å²) in [7, 11) is 1.73. The fourth-order valence-electron chi connectivity index (χ4n) is 2.02. The van der Waals surface area contributed by atoms with Gasteiger partial charge in [-0.15, -0.1) is 11.3 Å². The lowest BCUT2D eigenvalue weighted by Gasteiger charge is -2.07. The average Bonchev–Trinajstić information content (AvgIpc) is 2.98. The van der Waals surface area contributed by atoms with Crippen LogP contribution in [0.4, 0.5) is 0 Å². The van der Waals surface area contributed by atoms with E-state index in [1.54, 1.807) is 29.8 Å². The Morgan fingerprint density at radius 2 is 2.05 bits per heavy atom. The molecule has 3 rings (SSSR count). The van der Waals surface area contributed by atoms with Gasteiger partial charge in [-0.05, 0) is 29.1 Å². The molecule has 0 aliphatic carbocycles. The smallest absolute Gasteiger partial charge is 0.262 e. The fourth-order valence-corrected chi connectivity index (χ4v) is 3.76. The first-order chi connectivity index (χ1) is 10.6. The van der Waals surface area contributed by atoms with Crippen molar-refractivity contribution in [1.29, 1.82) is 0 Å². The molecule has 112 valence electrons. The summed E-state index contributed by atoms with van der Waals surface area (Å²) in [5.74, 6) is 0.224. The predicted molar refractivity (Wildman–Crippen MR) is 89.4 cm³/mol. The average molecular weight is 331 g/mol. The molecule has 2 heterocycles. The van der Waals surface area contributed by atoms with Gasteiger partial charge in [0.25, 0.3) is 5.56 Å². The molecule has 2 N–H and O–H groups in total. The molecule has 0 atom stereocenters. The largest absolute Gasteiger partial charge is 0.366 e. The van der Waals surface area contributed by atoms with Gasteiger partial charge < -0.3 is 5.73 Å². The minimum absolute atomic E-state index is 0.0298. The Hall–Kier alpha value is -2.12. The minimum atomic E-state index is -0.439. The van der Waals surface area contributed by atoms with Crippen molar-refractivity contribution in [3.63, 3.8) is 0 Å². The zero-order valence-electron chi connectivity index (χ0n) is 11.8. The van der Waals surface area contributed by atoms with E-state index in [-0.39, 0.29) is 5.56 Å². The van der Waals surface area contributed by atoms with Crippen LogP contribution in [0.5, 0.6) is 0 Å². The molecule has 0 spiro atoms. The lowest BCUT2D eigenvalue weighted by molar-refractivity contribution is 0.100. The summed E-state index contributed by atoms with van der Waals surface area (Å²) in [6, 6.07) is 8.91. The molecule has 0 unspecified atom stereocenters. The van der Waals surface area contributed by atoms with Crippen LogP contribution >= 0.6 is 23.1 Å². The van der Waals surface area contributed by atoms with Gasteiger partial charge in [-0.1, -0.05) is 23.9 Å². The molecule has 0 saturated heterocycles. The monoisotopic (exact) mass is 331 g/mol. The zero-order chi connectivity index (χ0) is 15.7. The van der Waals surface area contributed by atoms with Crippen molar-refractivity contribution < 1.29 is 4.79 Å². The summed E-state index contributed by atoms with van der Waals surface area (Å²) < 4.78 is 1.57. The number of nitrogens with zero attached hydrogens (tertiary/aromatic N) is 2. The van der Waals surface area contributed by atoms with Crippen molar-refractivity contribution in [2.45, 2.75) is 10.9 Å². The highest BCUT2D eigenvalue weighted by atomic mass is 32.2. The number of aromatic nitrogens is 2. The number of fused-ring (bicyclic) bond motifs is 1. The van der Waals surface area contributed by atoms with E-state index in [0.29, 0.717) is 21.9 Å². The number of thiophene rings is 1. The minimum Gasteiger partial charge on any atom is -0.366 e. The summed E-state index contributed by atoms with van der Waals surface area (Å²) in [5, 5.41) is 3.21. The maximum absolute atomic E-state index is 12.2. The molecule has 2 aromatic heterocycles. The van der Waals surface area contributed by atoms with E-state index in [4.69, 9.17) is 5.73 Å². The Bertz CT molecular complexity index is 897. The van der Waals surface area contributed by atoms with Gasteiger partial charge in [0, 0.05) is 18.4 Å². The molecule has 0 bridgehead atoms. The van der Waals surface area contributed by atoms with Crippen LogP contribution < -0.4 is 11.3 Å². The first-order valence-electron chi connectivity index (χ1n) is 6.52. The second-order valence-corrected chi connectivity index (χ2v) is 6.58. The van der Waals surface area contributed by atoms with Crippen molar-refractivity contribution in [1.82, 2.24) is 9.55 Å². The van der Waals surface area contributed by atoms with E-state index in [0.717, 1.165) is 10.4 Å². The molecule has 0 aliphatic heterocycles. The summed E-state index contributed by atoms with van der Waals surface area (Å²) in [6.45, 7) is 0. The number of thioether (sulfide) groups is 1. The van der Waals surface area contributed by atoms with Crippen LogP contribution in [0.1, 0.15) is 15.9 Å². The topological polar surface area (TPSA) is 78.0 Å². The second-order valence-electron chi connectivity index (χ2n) is 4.75. The summed E-state index contributed by atoms with van der Waals surface area (Å²) in [5.41, 5.74) is 6.71. The maximum atomic E-state index is 12.2. The van der Waals surface area contributed by atoms with E-state index >= 15 is 0 Å². The molecule has 1 aromatic carbocycles. The lowest BCUT2D eigenvalue weighted by Crippen LogP contribution is -2.19. The Balaban J connectivity index is 1.83. The number of carbonyl (C=O) groups is 1. The normalized spacial score (nSPS) is 11.0. The predicted octanol–water partition coefficient (Wildman–Crippen LogP) is 2.39. The summed E-state index contributed by atoms with van der Waals surface area (Å²) in [4.78, 5) is 28.5. The molecule has 22 heavy (non-hydrogen) atoms. The Morgan fingerprint density at radius 1 is 1.32 bits per heavy atom. The third-order valence-corrected chi connectivity index (χ3v) is 5.18. The Kier molecular flexibility index (Phi) is 4.00. The van der Waals surface area contributed by atoms with Gasteiger partial charge in [0.15, 0.2) is 5.16 Å². The van der Waals surface area contributed by atoms with Crippen LogP contribution in [0.25, 0.3) is 10.2 Å². The van der Waals surface area contributed by atoms with Crippen molar-refractivity contribution in [3.05, 3.63) is 57.2 Å². The van der Waals surface area contributed by atoms with E-state index in [1.807, 2.05) is 17.5 Å². The van der Waals surface area contributed by atoms with Gasteiger partial charge in [0.2, 0.25) is 5.91 Å². The number of hydrogen-bond acceptors (Lipinski definition) is 5. The molecular weight excluding hydrogens is 318 g/mol. The van der Waals surface area contributed by atoms with Crippen LogP contribution in [0.3, 0.4) is 0 Å². The maximum Gasteiger partial charge on any atom is 0.262 e. The number of rotatable bonds is 4. The van der Waals surface area contributed by atoms with Gasteiger partial charge in [0.1, 0.15) is 4.83 Å².